The lowest BCUT2D eigenvalue weighted by molar-refractivity contribution is 0.684. The molecule has 0 aliphatic carbocycles. The second kappa shape index (κ2) is 7.90. The highest BCUT2D eigenvalue weighted by atomic mass is 15.1. The Morgan fingerprint density at radius 3 is 2.17 bits per heavy atom. The first-order valence-electron chi connectivity index (χ1n) is 7.02. The van der Waals surface area contributed by atoms with Crippen molar-refractivity contribution in [3.63, 3.8) is 0 Å². The molecule has 0 aromatic carbocycles. The Balaban J connectivity index is 2.58. The minimum Gasteiger partial charge on any atom is -0.370 e. The van der Waals surface area contributed by atoms with Crippen LogP contribution in [0.2, 0.25) is 0 Å². The van der Waals surface area contributed by atoms with Gasteiger partial charge in [0.15, 0.2) is 0 Å². The van der Waals surface area contributed by atoms with Gasteiger partial charge in [-0.15, -0.1) is 0 Å². The molecule has 102 valence electrons. The highest BCUT2D eigenvalue weighted by Gasteiger charge is 2.07. The van der Waals surface area contributed by atoms with E-state index in [0.29, 0.717) is 0 Å². The molecule has 0 spiro atoms. The van der Waals surface area contributed by atoms with E-state index in [9.17, 15) is 0 Å². The largest absolute Gasteiger partial charge is 0.370 e. The number of anilines is 2. The summed E-state index contributed by atoms with van der Waals surface area (Å²) in [7, 11) is 0. The van der Waals surface area contributed by atoms with E-state index in [-0.39, 0.29) is 0 Å². The van der Waals surface area contributed by atoms with E-state index in [4.69, 9.17) is 0 Å². The second-order valence-electron chi connectivity index (χ2n) is 4.61. The van der Waals surface area contributed by atoms with Crippen LogP contribution in [0.15, 0.2) is 0 Å². The van der Waals surface area contributed by atoms with Crippen LogP contribution in [0.25, 0.3) is 0 Å². The van der Waals surface area contributed by atoms with Crippen molar-refractivity contribution in [2.24, 2.45) is 0 Å². The summed E-state index contributed by atoms with van der Waals surface area (Å²) >= 11 is 0. The van der Waals surface area contributed by atoms with E-state index >= 15 is 0 Å². The lowest BCUT2D eigenvalue weighted by Crippen LogP contribution is -2.10. The van der Waals surface area contributed by atoms with Gasteiger partial charge in [-0.3, -0.25) is 0 Å². The van der Waals surface area contributed by atoms with E-state index in [1.54, 1.807) is 0 Å². The third-order valence-corrected chi connectivity index (χ3v) is 2.92. The van der Waals surface area contributed by atoms with E-state index in [2.05, 4.69) is 41.4 Å². The van der Waals surface area contributed by atoms with Crippen molar-refractivity contribution < 1.29 is 0 Å². The van der Waals surface area contributed by atoms with Gasteiger partial charge in [0, 0.05) is 18.7 Å². The summed E-state index contributed by atoms with van der Waals surface area (Å²) in [5.74, 6) is 2.73. The second-order valence-corrected chi connectivity index (χ2v) is 4.61. The quantitative estimate of drug-likeness (QED) is 0.693. The molecule has 0 saturated carbocycles. The molecule has 18 heavy (non-hydrogen) atoms. The van der Waals surface area contributed by atoms with Crippen molar-refractivity contribution in [3.8, 4) is 0 Å². The first-order chi connectivity index (χ1) is 8.69. The maximum atomic E-state index is 4.47. The van der Waals surface area contributed by atoms with Crippen LogP contribution in [-0.2, 0) is 0 Å². The number of nitrogens with one attached hydrogen (secondary N) is 2. The van der Waals surface area contributed by atoms with Gasteiger partial charge in [-0.1, -0.05) is 26.2 Å². The maximum Gasteiger partial charge on any atom is 0.134 e. The molecule has 0 unspecified atom stereocenters. The first kappa shape index (κ1) is 14.7. The normalized spacial score (nSPS) is 10.4. The van der Waals surface area contributed by atoms with Crippen LogP contribution in [0.4, 0.5) is 11.6 Å². The molecule has 1 aromatic rings. The van der Waals surface area contributed by atoms with Gasteiger partial charge in [-0.05, 0) is 27.2 Å². The van der Waals surface area contributed by atoms with Crippen LogP contribution in [-0.4, -0.2) is 23.1 Å². The number of hydrogen-bond acceptors (Lipinski definition) is 4. The summed E-state index contributed by atoms with van der Waals surface area (Å²) in [5, 5.41) is 6.70. The van der Waals surface area contributed by atoms with Gasteiger partial charge in [0.2, 0.25) is 0 Å². The standard InChI is InChI=1S/C14H26N4/c1-5-7-8-9-10-16-14-11(3)13(15-6-2)17-12(4)18-14/h5-10H2,1-4H3,(H2,15,16,17,18). The Morgan fingerprint density at radius 1 is 0.889 bits per heavy atom. The van der Waals surface area contributed by atoms with Crippen LogP contribution in [0.1, 0.15) is 50.9 Å². The van der Waals surface area contributed by atoms with Crippen LogP contribution in [0, 0.1) is 13.8 Å². The van der Waals surface area contributed by atoms with Crippen molar-refractivity contribution >= 4 is 11.6 Å². The van der Waals surface area contributed by atoms with E-state index in [0.717, 1.165) is 36.1 Å². The van der Waals surface area contributed by atoms with Crippen LogP contribution >= 0.6 is 0 Å². The summed E-state index contributed by atoms with van der Waals surface area (Å²) in [6.07, 6.45) is 5.07. The number of aryl methyl sites for hydroxylation is 1. The topological polar surface area (TPSA) is 49.8 Å². The SMILES string of the molecule is CCCCCCNc1nc(C)nc(NCC)c1C. The van der Waals surface area contributed by atoms with Gasteiger partial charge in [0.25, 0.3) is 0 Å². The molecular formula is C14H26N4. The zero-order chi connectivity index (χ0) is 13.4. The van der Waals surface area contributed by atoms with Crippen molar-refractivity contribution in [3.05, 3.63) is 11.4 Å². The van der Waals surface area contributed by atoms with E-state index in [1.807, 2.05) is 6.92 Å². The smallest absolute Gasteiger partial charge is 0.134 e. The van der Waals surface area contributed by atoms with E-state index in [1.165, 1.54) is 25.7 Å². The Morgan fingerprint density at radius 2 is 1.56 bits per heavy atom. The minimum atomic E-state index is 0.813. The van der Waals surface area contributed by atoms with Gasteiger partial charge in [-0.25, -0.2) is 9.97 Å². The minimum absolute atomic E-state index is 0.813. The van der Waals surface area contributed by atoms with Crippen LogP contribution in [0.3, 0.4) is 0 Å². The molecule has 0 aliphatic rings. The molecule has 1 aromatic heterocycles. The zero-order valence-electron chi connectivity index (χ0n) is 12.1. The summed E-state index contributed by atoms with van der Waals surface area (Å²) in [4.78, 5) is 8.89. The molecule has 4 heteroatoms. The van der Waals surface area contributed by atoms with Gasteiger partial charge in [-0.2, -0.15) is 0 Å². The molecule has 0 radical (unpaired) electrons. The van der Waals surface area contributed by atoms with Crippen molar-refractivity contribution in [2.75, 3.05) is 23.7 Å². The predicted molar refractivity (Wildman–Crippen MR) is 78.3 cm³/mol. The fourth-order valence-electron chi connectivity index (χ4n) is 1.90. The number of rotatable bonds is 8. The number of aromatic nitrogens is 2. The highest BCUT2D eigenvalue weighted by molar-refractivity contribution is 5.57. The summed E-state index contributed by atoms with van der Waals surface area (Å²) in [5.41, 5.74) is 1.11. The first-order valence-corrected chi connectivity index (χ1v) is 7.02. The van der Waals surface area contributed by atoms with Gasteiger partial charge in [0.1, 0.15) is 17.5 Å². The Bertz CT molecular complexity index is 363. The summed E-state index contributed by atoms with van der Waals surface area (Å²) < 4.78 is 0. The van der Waals surface area contributed by atoms with Gasteiger partial charge >= 0.3 is 0 Å². The average molecular weight is 250 g/mol. The predicted octanol–water partition coefficient (Wildman–Crippen LogP) is 3.52. The molecule has 1 heterocycles. The fourth-order valence-corrected chi connectivity index (χ4v) is 1.90. The molecule has 0 saturated heterocycles. The molecule has 2 N–H and O–H groups in total. The Hall–Kier alpha value is -1.32. The molecule has 4 nitrogen and oxygen atoms in total. The molecule has 0 fully saturated rings. The summed E-state index contributed by atoms with van der Waals surface area (Å²) in [6.45, 7) is 10.2. The molecular weight excluding hydrogens is 224 g/mol. The molecule has 0 atom stereocenters. The van der Waals surface area contributed by atoms with Gasteiger partial charge in [0.05, 0.1) is 0 Å². The maximum absolute atomic E-state index is 4.47. The van der Waals surface area contributed by atoms with Crippen molar-refractivity contribution in [1.29, 1.82) is 0 Å². The summed E-state index contributed by atoms with van der Waals surface area (Å²) in [6, 6.07) is 0. The molecule has 1 rings (SSSR count). The van der Waals surface area contributed by atoms with Crippen molar-refractivity contribution in [1.82, 2.24) is 9.97 Å². The lowest BCUT2D eigenvalue weighted by atomic mass is 10.2. The lowest BCUT2D eigenvalue weighted by Gasteiger charge is -2.13. The third kappa shape index (κ3) is 4.51. The monoisotopic (exact) mass is 250 g/mol. The molecule has 0 bridgehead atoms. The number of hydrogen-bond donors (Lipinski definition) is 2. The Labute approximate surface area is 111 Å². The average Bonchev–Trinajstić information content (AvgIpc) is 2.34. The molecule has 0 aliphatic heterocycles. The van der Waals surface area contributed by atoms with Crippen molar-refractivity contribution in [2.45, 2.75) is 53.4 Å². The van der Waals surface area contributed by atoms with E-state index < -0.39 is 0 Å². The third-order valence-electron chi connectivity index (χ3n) is 2.92. The van der Waals surface area contributed by atoms with Crippen LogP contribution < -0.4 is 10.6 Å². The fraction of sp³-hybridized carbons (Fsp3) is 0.714. The Kier molecular flexibility index (Phi) is 6.47. The molecule has 0 amide bonds. The highest BCUT2D eigenvalue weighted by Crippen LogP contribution is 2.19. The number of unbranched alkanes of at least 4 members (excludes halogenated alkanes) is 3. The van der Waals surface area contributed by atoms with Crippen LogP contribution in [0.5, 0.6) is 0 Å². The zero-order valence-corrected chi connectivity index (χ0v) is 12.1. The number of nitrogens with zero attached hydrogens (tertiary/aromatic N) is 2. The van der Waals surface area contributed by atoms with Gasteiger partial charge < -0.3 is 10.6 Å².